The van der Waals surface area contributed by atoms with Crippen LogP contribution in [0.4, 0.5) is 17.6 Å². The van der Waals surface area contributed by atoms with Gasteiger partial charge in [-0.2, -0.15) is 13.2 Å². The van der Waals surface area contributed by atoms with Crippen molar-refractivity contribution in [3.05, 3.63) is 35.1 Å². The fourth-order valence-electron chi connectivity index (χ4n) is 1.68. The molecule has 0 aliphatic rings. The third-order valence-electron chi connectivity index (χ3n) is 2.87. The van der Waals surface area contributed by atoms with E-state index >= 15 is 0 Å². The molecule has 1 aromatic rings. The molecular weight excluding hydrogens is 262 g/mol. The highest BCUT2D eigenvalue weighted by molar-refractivity contribution is 5.94. The van der Waals surface area contributed by atoms with Crippen molar-refractivity contribution in [2.24, 2.45) is 0 Å². The zero-order valence-corrected chi connectivity index (χ0v) is 10.6. The van der Waals surface area contributed by atoms with E-state index in [4.69, 9.17) is 0 Å². The van der Waals surface area contributed by atoms with Gasteiger partial charge in [0, 0.05) is 6.04 Å². The Hall–Kier alpha value is -1.59. The number of carbonyl (C=O) groups excluding carboxylic acids is 1. The van der Waals surface area contributed by atoms with Crippen LogP contribution >= 0.6 is 0 Å². The minimum Gasteiger partial charge on any atom is -0.349 e. The van der Waals surface area contributed by atoms with E-state index in [0.717, 1.165) is 12.1 Å². The molecule has 106 valence electrons. The second kappa shape index (κ2) is 6.04. The van der Waals surface area contributed by atoms with E-state index in [9.17, 15) is 22.4 Å². The van der Waals surface area contributed by atoms with Gasteiger partial charge in [-0.25, -0.2) is 4.39 Å². The molecule has 0 fully saturated rings. The molecule has 0 aliphatic carbocycles. The molecule has 1 rings (SSSR count). The Balaban J connectivity index is 3.05. The van der Waals surface area contributed by atoms with Crippen molar-refractivity contribution in [3.63, 3.8) is 0 Å². The average Bonchev–Trinajstić information content (AvgIpc) is 2.34. The Kier molecular flexibility index (Phi) is 4.91. The van der Waals surface area contributed by atoms with Crippen molar-refractivity contribution in [1.82, 2.24) is 5.32 Å². The highest BCUT2D eigenvalue weighted by Gasteiger charge is 2.35. The van der Waals surface area contributed by atoms with Crippen molar-refractivity contribution < 1.29 is 22.4 Å². The molecule has 0 radical (unpaired) electrons. The number of nitrogens with one attached hydrogen (secondary N) is 1. The lowest BCUT2D eigenvalue weighted by molar-refractivity contribution is -0.140. The van der Waals surface area contributed by atoms with Crippen molar-refractivity contribution in [1.29, 1.82) is 0 Å². The van der Waals surface area contributed by atoms with E-state index in [1.54, 1.807) is 0 Å². The second-order valence-corrected chi connectivity index (χ2v) is 4.15. The molecule has 0 spiro atoms. The monoisotopic (exact) mass is 277 g/mol. The summed E-state index contributed by atoms with van der Waals surface area (Å²) < 4.78 is 51.2. The van der Waals surface area contributed by atoms with Crippen LogP contribution in [-0.2, 0) is 6.18 Å². The number of benzene rings is 1. The van der Waals surface area contributed by atoms with Crippen LogP contribution < -0.4 is 5.32 Å². The van der Waals surface area contributed by atoms with Crippen molar-refractivity contribution >= 4 is 5.91 Å². The van der Waals surface area contributed by atoms with Gasteiger partial charge in [0.05, 0.1) is 11.1 Å². The van der Waals surface area contributed by atoms with Gasteiger partial charge in [0.2, 0.25) is 0 Å². The maximum Gasteiger partial charge on any atom is 0.419 e. The third kappa shape index (κ3) is 3.68. The number of rotatable bonds is 4. The van der Waals surface area contributed by atoms with E-state index in [2.05, 4.69) is 5.32 Å². The summed E-state index contributed by atoms with van der Waals surface area (Å²) in [7, 11) is 0. The van der Waals surface area contributed by atoms with E-state index < -0.39 is 29.0 Å². The number of halogens is 4. The molecule has 19 heavy (non-hydrogen) atoms. The molecule has 0 saturated heterocycles. The number of hydrogen-bond donors (Lipinski definition) is 1. The lowest BCUT2D eigenvalue weighted by Crippen LogP contribution is -2.34. The SMILES string of the molecule is CCC(CC)NC(=O)c1cccc(C(F)(F)F)c1F. The Labute approximate surface area is 108 Å². The maximum absolute atomic E-state index is 13.7. The van der Waals surface area contributed by atoms with Crippen LogP contribution in [0.25, 0.3) is 0 Å². The minimum absolute atomic E-state index is 0.179. The van der Waals surface area contributed by atoms with E-state index in [1.165, 1.54) is 0 Å². The molecule has 1 amide bonds. The molecule has 0 bridgehead atoms. The predicted molar refractivity (Wildman–Crippen MR) is 63.2 cm³/mol. The first-order valence-electron chi connectivity index (χ1n) is 5.97. The average molecular weight is 277 g/mol. The van der Waals surface area contributed by atoms with Crippen LogP contribution in [0.5, 0.6) is 0 Å². The van der Waals surface area contributed by atoms with Gasteiger partial charge in [0.15, 0.2) is 0 Å². The first-order valence-corrected chi connectivity index (χ1v) is 5.97. The van der Waals surface area contributed by atoms with Gasteiger partial charge < -0.3 is 5.32 Å². The van der Waals surface area contributed by atoms with Gasteiger partial charge in [0.25, 0.3) is 5.91 Å². The van der Waals surface area contributed by atoms with Gasteiger partial charge in [0.1, 0.15) is 5.82 Å². The zero-order chi connectivity index (χ0) is 14.6. The molecule has 0 atom stereocenters. The lowest BCUT2D eigenvalue weighted by atomic mass is 10.1. The first kappa shape index (κ1) is 15.5. The molecule has 0 aromatic heterocycles. The minimum atomic E-state index is -4.81. The van der Waals surface area contributed by atoms with Crippen molar-refractivity contribution in [3.8, 4) is 0 Å². The quantitative estimate of drug-likeness (QED) is 0.834. The fourth-order valence-corrected chi connectivity index (χ4v) is 1.68. The summed E-state index contributed by atoms with van der Waals surface area (Å²) >= 11 is 0. The van der Waals surface area contributed by atoms with Gasteiger partial charge in [-0.1, -0.05) is 19.9 Å². The molecule has 6 heteroatoms. The van der Waals surface area contributed by atoms with Crippen LogP contribution in [0.3, 0.4) is 0 Å². The molecule has 0 aliphatic heterocycles. The van der Waals surface area contributed by atoms with E-state index in [1.807, 2.05) is 13.8 Å². The lowest BCUT2D eigenvalue weighted by Gasteiger charge is -2.16. The molecule has 0 saturated carbocycles. The summed E-state index contributed by atoms with van der Waals surface area (Å²) in [6.45, 7) is 3.66. The van der Waals surface area contributed by atoms with Crippen molar-refractivity contribution in [2.45, 2.75) is 38.9 Å². The Bertz CT molecular complexity index is 452. The van der Waals surface area contributed by atoms with Crippen LogP contribution in [0.1, 0.15) is 42.6 Å². The van der Waals surface area contributed by atoms with Gasteiger partial charge in [-0.15, -0.1) is 0 Å². The van der Waals surface area contributed by atoms with Crippen molar-refractivity contribution in [2.75, 3.05) is 0 Å². The fraction of sp³-hybridized carbons (Fsp3) is 0.462. The molecule has 1 aromatic carbocycles. The molecule has 1 N–H and O–H groups in total. The number of amides is 1. The summed E-state index contributed by atoms with van der Waals surface area (Å²) in [5.74, 6) is -2.35. The number of carbonyl (C=O) groups is 1. The van der Waals surface area contributed by atoms with Gasteiger partial charge in [-0.05, 0) is 25.0 Å². The number of alkyl halides is 3. The second-order valence-electron chi connectivity index (χ2n) is 4.15. The van der Waals surface area contributed by atoms with Crippen LogP contribution in [0, 0.1) is 5.82 Å². The van der Waals surface area contributed by atoms with E-state index in [-0.39, 0.29) is 6.04 Å². The van der Waals surface area contributed by atoms with Crippen LogP contribution in [-0.4, -0.2) is 11.9 Å². The van der Waals surface area contributed by atoms with Gasteiger partial charge in [-0.3, -0.25) is 4.79 Å². The highest BCUT2D eigenvalue weighted by Crippen LogP contribution is 2.32. The Morgan fingerprint density at radius 2 is 1.84 bits per heavy atom. The van der Waals surface area contributed by atoms with Gasteiger partial charge >= 0.3 is 6.18 Å². The predicted octanol–water partition coefficient (Wildman–Crippen LogP) is 3.76. The summed E-state index contributed by atoms with van der Waals surface area (Å²) in [5.41, 5.74) is -2.01. The van der Waals surface area contributed by atoms with Crippen LogP contribution in [0.15, 0.2) is 18.2 Å². The standard InChI is InChI=1S/C13H15F4NO/c1-3-8(4-2)18-12(19)9-6-5-7-10(11(9)14)13(15,16)17/h5-8H,3-4H2,1-2H3,(H,18,19). The first-order chi connectivity index (χ1) is 8.81. The normalized spacial score (nSPS) is 11.7. The summed E-state index contributed by atoms with van der Waals surface area (Å²) in [5, 5.41) is 2.51. The summed E-state index contributed by atoms with van der Waals surface area (Å²) in [4.78, 5) is 11.8. The van der Waals surface area contributed by atoms with E-state index in [0.29, 0.717) is 18.9 Å². The summed E-state index contributed by atoms with van der Waals surface area (Å²) in [6.07, 6.45) is -3.55. The topological polar surface area (TPSA) is 29.1 Å². The smallest absolute Gasteiger partial charge is 0.349 e. The Morgan fingerprint density at radius 1 is 1.26 bits per heavy atom. The van der Waals surface area contributed by atoms with Crippen LogP contribution in [0.2, 0.25) is 0 Å². The third-order valence-corrected chi connectivity index (χ3v) is 2.87. The largest absolute Gasteiger partial charge is 0.419 e. The molecule has 2 nitrogen and oxygen atoms in total. The Morgan fingerprint density at radius 3 is 2.32 bits per heavy atom. The highest BCUT2D eigenvalue weighted by atomic mass is 19.4. The summed E-state index contributed by atoms with van der Waals surface area (Å²) in [6, 6.07) is 2.50. The maximum atomic E-state index is 13.7. The number of hydrogen-bond acceptors (Lipinski definition) is 1. The molecule has 0 heterocycles. The molecule has 0 unspecified atom stereocenters. The molecular formula is C13H15F4NO. The zero-order valence-electron chi connectivity index (χ0n) is 10.6.